The van der Waals surface area contributed by atoms with Gasteiger partial charge in [-0.15, -0.1) is 0 Å². The van der Waals surface area contributed by atoms with E-state index in [9.17, 15) is 20.4 Å². The monoisotopic (exact) mass is 1580 g/mol. The zero-order valence-corrected chi connectivity index (χ0v) is 77.3. The molecule has 4 saturated heterocycles. The predicted molar refractivity (Wildman–Crippen MR) is 462 cm³/mol. The number of hydrogen-bond donors (Lipinski definition) is 4. The van der Waals surface area contributed by atoms with Crippen molar-refractivity contribution in [3.8, 4) is 0 Å². The molecular formula is C88H170N16O8. The van der Waals surface area contributed by atoms with Crippen molar-refractivity contribution < 1.29 is 39.8 Å². The average molecular weight is 1580 g/mol. The summed E-state index contributed by atoms with van der Waals surface area (Å²) in [5, 5.41) is 52.8. The van der Waals surface area contributed by atoms with Crippen molar-refractivity contribution in [1.82, 2.24) is 50.2 Å². The lowest BCUT2D eigenvalue weighted by Gasteiger charge is -2.56. The third-order valence-corrected chi connectivity index (χ3v) is 23.2. The van der Waals surface area contributed by atoms with Gasteiger partial charge in [0.15, 0.2) is 0 Å². The second-order valence-corrected chi connectivity index (χ2v) is 42.0. The molecule has 4 fully saturated rings. The summed E-state index contributed by atoms with van der Waals surface area (Å²) >= 11 is 0. The molecule has 0 aromatic carbocycles. The second kappa shape index (κ2) is 39.9. The number of rotatable bonds is 47. The van der Waals surface area contributed by atoms with E-state index in [-0.39, 0.29) is 50.6 Å². The molecule has 0 saturated carbocycles. The molecule has 4 N–H and O–H groups in total. The highest BCUT2D eigenvalue weighted by Gasteiger charge is 2.54. The molecule has 6 heterocycles. The summed E-state index contributed by atoms with van der Waals surface area (Å²) in [6.45, 7) is 71.8. The third kappa shape index (κ3) is 28.0. The molecule has 0 radical (unpaired) electrons. The smallest absolute Gasteiger partial charge is 0.232 e. The standard InChI is InChI=1S/C88H170N16O8/c1-31-37-47-95(48-38-32-2)71-89-73(97(51-41-35-5)67-55-77(7,8)101(78(9,10)56-67)109-63-85(23,24)105)93-75(91-71)99(69-59-81(15,16)103(82(17,18)60-69)111-65-87(27,28)107)53-45-43-44-46-54-100(70-61-83(19,20)104(84(21,22)62-70)112-66-88(29,30)108)76-92-72(96(49-39-33-3)50-40-34-4)90-74(94-76)98(52-42-36-6)68-57-79(11,12)102(80(13,14)58-68)110-64-86(25,26)106/h67-70,105-108H,31-66H2,1-30H3. The van der Waals surface area contributed by atoms with Crippen LogP contribution in [0.3, 0.4) is 0 Å². The minimum atomic E-state index is -1.02. The first-order valence-electron chi connectivity index (χ1n) is 44.4. The first-order chi connectivity index (χ1) is 51.7. The van der Waals surface area contributed by atoms with Crippen molar-refractivity contribution >= 4 is 35.7 Å². The van der Waals surface area contributed by atoms with Gasteiger partial charge in [-0.25, -0.2) is 0 Å². The van der Waals surface area contributed by atoms with Crippen molar-refractivity contribution in [3.05, 3.63) is 0 Å². The molecule has 4 aliphatic heterocycles. The number of hydroxylamine groups is 8. The van der Waals surface area contributed by atoms with Crippen LogP contribution in [0.25, 0.3) is 0 Å². The van der Waals surface area contributed by atoms with E-state index < -0.39 is 66.7 Å². The molecule has 4 aliphatic rings. The van der Waals surface area contributed by atoms with Gasteiger partial charge < -0.3 is 49.8 Å². The number of aliphatic hydroxyl groups is 4. The molecule has 112 heavy (non-hydrogen) atoms. The Balaban J connectivity index is 1.51. The Hall–Kier alpha value is -3.66. The Morgan fingerprint density at radius 3 is 0.598 bits per heavy atom. The molecule has 24 nitrogen and oxygen atoms in total. The minimum absolute atomic E-state index is 0.0171. The Labute approximate surface area is 683 Å². The van der Waals surface area contributed by atoms with Crippen LogP contribution in [0.15, 0.2) is 0 Å². The molecule has 0 unspecified atom stereocenters. The molecule has 650 valence electrons. The maximum atomic E-state index is 11.1. The SMILES string of the molecule is CCCCN(CCCC)c1nc(N(CCCC)C2CC(C)(C)N(OCC(C)(C)O)C(C)(C)C2)nc(N(CCCCCCN(c2nc(N(CCCC)CCCC)nc(N(CCCC)C3CC(C)(C)N(OCC(C)(C)O)C(C)(C)C3)n2)C2CC(C)(C)N(OCC(C)(C)O)C(C)(C)C2)C2CC(C)(C)N(OCC(C)(C)O)C(C)(C)C2)n1. The van der Waals surface area contributed by atoms with Crippen LogP contribution in [0.4, 0.5) is 35.7 Å². The van der Waals surface area contributed by atoms with E-state index in [0.717, 1.165) is 242 Å². The maximum Gasteiger partial charge on any atom is 0.232 e. The van der Waals surface area contributed by atoms with Crippen molar-refractivity contribution in [1.29, 1.82) is 0 Å². The van der Waals surface area contributed by atoms with E-state index in [4.69, 9.17) is 49.3 Å². The molecule has 0 atom stereocenters. The highest BCUT2D eigenvalue weighted by Crippen LogP contribution is 2.48. The van der Waals surface area contributed by atoms with E-state index in [1.807, 2.05) is 55.4 Å². The summed E-state index contributed by atoms with van der Waals surface area (Å²) in [6, 6.07) is 0.186. The van der Waals surface area contributed by atoms with Gasteiger partial charge in [-0.1, -0.05) is 92.9 Å². The summed E-state index contributed by atoms with van der Waals surface area (Å²) < 4.78 is 0. The molecule has 2 aromatic rings. The van der Waals surface area contributed by atoms with Gasteiger partial charge in [-0.2, -0.15) is 50.2 Å². The molecule has 6 rings (SSSR count). The fraction of sp³-hybridized carbons (Fsp3) is 0.932. The Morgan fingerprint density at radius 2 is 0.429 bits per heavy atom. The number of aromatic nitrogens is 6. The molecular weight excluding hydrogens is 1410 g/mol. The number of nitrogens with zero attached hydrogens (tertiary/aromatic N) is 16. The Kier molecular flexibility index (Phi) is 34.6. The lowest BCUT2D eigenvalue weighted by molar-refractivity contribution is -0.298. The Bertz CT molecular complexity index is 2830. The summed E-state index contributed by atoms with van der Waals surface area (Å²) in [4.78, 5) is 76.3. The number of anilines is 6. The molecule has 0 amide bonds. The van der Waals surface area contributed by atoms with Crippen LogP contribution in [0.5, 0.6) is 0 Å². The van der Waals surface area contributed by atoms with Gasteiger partial charge in [0.05, 0.1) is 48.8 Å². The largest absolute Gasteiger partial charge is 0.388 e. The van der Waals surface area contributed by atoms with Crippen LogP contribution >= 0.6 is 0 Å². The third-order valence-electron chi connectivity index (χ3n) is 23.2. The van der Waals surface area contributed by atoms with Crippen LogP contribution in [0.2, 0.25) is 0 Å². The van der Waals surface area contributed by atoms with Gasteiger partial charge in [-0.05, 0) is 269 Å². The van der Waals surface area contributed by atoms with Crippen LogP contribution in [0, 0.1) is 0 Å². The zero-order chi connectivity index (χ0) is 84.1. The van der Waals surface area contributed by atoms with Crippen LogP contribution in [-0.4, -0.2) is 240 Å². The summed E-state index contributed by atoms with van der Waals surface area (Å²) in [7, 11) is 0. The van der Waals surface area contributed by atoms with Crippen LogP contribution < -0.4 is 29.4 Å². The second-order valence-electron chi connectivity index (χ2n) is 42.0. The van der Waals surface area contributed by atoms with E-state index in [1.165, 1.54) is 0 Å². The molecule has 0 aliphatic carbocycles. The Morgan fingerprint density at radius 1 is 0.268 bits per heavy atom. The van der Waals surface area contributed by atoms with Crippen molar-refractivity contribution in [3.63, 3.8) is 0 Å². The lowest BCUT2D eigenvalue weighted by Crippen LogP contribution is -2.65. The van der Waals surface area contributed by atoms with E-state index >= 15 is 0 Å². The van der Waals surface area contributed by atoms with Crippen molar-refractivity contribution in [2.24, 2.45) is 0 Å². The van der Waals surface area contributed by atoms with Gasteiger partial charge in [0.2, 0.25) is 35.7 Å². The number of piperidine rings is 4. The van der Waals surface area contributed by atoms with Crippen molar-refractivity contribution in [2.45, 2.75) is 453 Å². The topological polar surface area (TPSA) is 228 Å². The molecule has 0 bridgehead atoms. The van der Waals surface area contributed by atoms with Gasteiger partial charge >= 0.3 is 0 Å². The fourth-order valence-corrected chi connectivity index (χ4v) is 18.9. The predicted octanol–water partition coefficient (Wildman–Crippen LogP) is 16.9. The van der Waals surface area contributed by atoms with Gasteiger partial charge in [0, 0.05) is 121 Å². The summed E-state index contributed by atoms with van der Waals surface area (Å²) in [5.74, 6) is 4.38. The zero-order valence-electron chi connectivity index (χ0n) is 77.3. The highest BCUT2D eigenvalue weighted by atomic mass is 16.7. The molecule has 24 heteroatoms. The van der Waals surface area contributed by atoms with Crippen LogP contribution in [0.1, 0.15) is 362 Å². The lowest BCUT2D eigenvalue weighted by atomic mass is 9.78. The molecule has 2 aromatic heterocycles. The van der Waals surface area contributed by atoms with Gasteiger partial charge in [-0.3, -0.25) is 19.4 Å². The first-order valence-corrected chi connectivity index (χ1v) is 44.4. The summed E-state index contributed by atoms with van der Waals surface area (Å²) in [6.07, 6.45) is 22.3. The summed E-state index contributed by atoms with van der Waals surface area (Å²) in [5.41, 5.74) is -7.36. The van der Waals surface area contributed by atoms with Crippen molar-refractivity contribution in [2.75, 3.05) is 108 Å². The minimum Gasteiger partial charge on any atom is -0.388 e. The van der Waals surface area contributed by atoms with E-state index in [0.29, 0.717) is 0 Å². The highest BCUT2D eigenvalue weighted by molar-refractivity contribution is 5.50. The quantitative estimate of drug-likeness (QED) is 0.0452. The average Bonchev–Trinajstić information content (AvgIpc) is 0.765. The van der Waals surface area contributed by atoms with Gasteiger partial charge in [0.1, 0.15) is 0 Å². The van der Waals surface area contributed by atoms with E-state index in [2.05, 4.69) is 202 Å². The fourth-order valence-electron chi connectivity index (χ4n) is 18.9. The first kappa shape index (κ1) is 97.2. The normalized spacial score (nSPS) is 20.8. The number of unbranched alkanes of at least 4 members (excludes halogenated alkanes) is 9. The van der Waals surface area contributed by atoms with Crippen LogP contribution in [-0.2, 0) is 19.4 Å². The van der Waals surface area contributed by atoms with Gasteiger partial charge in [0.25, 0.3) is 0 Å². The number of hydrogen-bond acceptors (Lipinski definition) is 24. The van der Waals surface area contributed by atoms with E-state index in [1.54, 1.807) is 0 Å². The molecule has 0 spiro atoms. The maximum absolute atomic E-state index is 11.1.